The summed E-state index contributed by atoms with van der Waals surface area (Å²) in [4.78, 5) is 30.3. The van der Waals surface area contributed by atoms with Gasteiger partial charge >= 0.3 is 0 Å². The van der Waals surface area contributed by atoms with Gasteiger partial charge < -0.3 is 10.6 Å². The zero-order valence-corrected chi connectivity index (χ0v) is 19.1. The molecule has 8 heteroatoms. The number of thiophene rings is 1. The maximum Gasteiger partial charge on any atom is 0.238 e. The number of hydrogen-bond acceptors (Lipinski definition) is 5. The van der Waals surface area contributed by atoms with Crippen LogP contribution in [0.25, 0.3) is 0 Å². The van der Waals surface area contributed by atoms with Crippen molar-refractivity contribution in [3.05, 3.63) is 88.4 Å². The summed E-state index contributed by atoms with van der Waals surface area (Å²) in [7, 11) is 0. The lowest BCUT2D eigenvalue weighted by molar-refractivity contribution is -0.124. The second kappa shape index (κ2) is 11.2. The first kappa shape index (κ1) is 23.1. The summed E-state index contributed by atoms with van der Waals surface area (Å²) in [5, 5.41) is 7.92. The second-order valence-corrected chi connectivity index (χ2v) is 9.02. The van der Waals surface area contributed by atoms with Gasteiger partial charge in [-0.3, -0.25) is 19.4 Å². The van der Waals surface area contributed by atoms with Crippen LogP contribution in [0.2, 0.25) is 0 Å². The Bertz CT molecular complexity index is 1050. The van der Waals surface area contributed by atoms with Gasteiger partial charge in [-0.05, 0) is 35.2 Å². The third kappa shape index (κ3) is 6.71. The molecule has 0 aliphatic carbocycles. The van der Waals surface area contributed by atoms with Crippen LogP contribution < -0.4 is 10.6 Å². The fraction of sp³-hybridized carbons (Fsp3) is 0.280. The zero-order chi connectivity index (χ0) is 23.0. The predicted octanol–water partition coefficient (Wildman–Crippen LogP) is 3.35. The highest BCUT2D eigenvalue weighted by molar-refractivity contribution is 7.10. The van der Waals surface area contributed by atoms with Crippen LogP contribution >= 0.6 is 11.3 Å². The largest absolute Gasteiger partial charge is 0.343 e. The number of hydrogen-bond donors (Lipinski definition) is 2. The van der Waals surface area contributed by atoms with Crippen molar-refractivity contribution in [2.45, 2.75) is 6.04 Å². The molecule has 2 aromatic carbocycles. The molecule has 1 aromatic heterocycles. The zero-order valence-electron chi connectivity index (χ0n) is 18.2. The minimum Gasteiger partial charge on any atom is -0.343 e. The van der Waals surface area contributed by atoms with E-state index < -0.39 is 0 Å². The number of nitrogens with one attached hydrogen (secondary N) is 2. The van der Waals surface area contributed by atoms with Crippen LogP contribution in [-0.2, 0) is 9.59 Å². The van der Waals surface area contributed by atoms with Gasteiger partial charge in [-0.15, -0.1) is 11.3 Å². The molecule has 2 amide bonds. The first-order valence-corrected chi connectivity index (χ1v) is 11.8. The molecule has 1 aliphatic rings. The van der Waals surface area contributed by atoms with E-state index in [1.807, 2.05) is 52.7 Å². The normalized spacial score (nSPS) is 15.7. The molecule has 2 heterocycles. The van der Waals surface area contributed by atoms with Gasteiger partial charge in [0.15, 0.2) is 0 Å². The number of piperazine rings is 1. The van der Waals surface area contributed by atoms with Gasteiger partial charge in [0.05, 0.1) is 19.1 Å². The molecule has 0 bridgehead atoms. The number of rotatable bonds is 8. The summed E-state index contributed by atoms with van der Waals surface area (Å²) in [6.07, 6.45) is 0. The van der Waals surface area contributed by atoms with Crippen LogP contribution in [0.5, 0.6) is 0 Å². The number of amides is 2. The average Bonchev–Trinajstić information content (AvgIpc) is 3.34. The van der Waals surface area contributed by atoms with Crippen molar-refractivity contribution >= 4 is 28.8 Å². The number of halogens is 1. The monoisotopic (exact) mass is 466 g/mol. The number of anilines is 1. The topological polar surface area (TPSA) is 64.7 Å². The van der Waals surface area contributed by atoms with Crippen LogP contribution in [-0.4, -0.2) is 60.9 Å². The molecule has 3 aromatic rings. The maximum absolute atomic E-state index is 13.3. The molecule has 172 valence electrons. The van der Waals surface area contributed by atoms with Gasteiger partial charge in [-0.25, -0.2) is 4.39 Å². The Morgan fingerprint density at radius 3 is 2.21 bits per heavy atom. The molecule has 1 atom stereocenters. The minimum absolute atomic E-state index is 0.0189. The molecule has 1 fully saturated rings. The summed E-state index contributed by atoms with van der Waals surface area (Å²) in [5.41, 5.74) is 1.51. The average molecular weight is 467 g/mol. The van der Waals surface area contributed by atoms with Gasteiger partial charge in [0.2, 0.25) is 11.8 Å². The summed E-state index contributed by atoms with van der Waals surface area (Å²) in [6, 6.07) is 19.7. The molecule has 0 saturated carbocycles. The molecule has 0 radical (unpaired) electrons. The Morgan fingerprint density at radius 1 is 0.879 bits per heavy atom. The van der Waals surface area contributed by atoms with E-state index in [1.54, 1.807) is 23.5 Å². The highest BCUT2D eigenvalue weighted by Crippen LogP contribution is 2.25. The lowest BCUT2D eigenvalue weighted by Crippen LogP contribution is -2.51. The summed E-state index contributed by atoms with van der Waals surface area (Å²) in [6.45, 7) is 3.35. The molecule has 0 unspecified atom stereocenters. The molecule has 6 nitrogen and oxygen atoms in total. The molecule has 33 heavy (non-hydrogen) atoms. The van der Waals surface area contributed by atoms with E-state index in [0.717, 1.165) is 10.4 Å². The quantitative estimate of drug-likeness (QED) is 0.535. The lowest BCUT2D eigenvalue weighted by atomic mass is 10.1. The Morgan fingerprint density at radius 2 is 1.58 bits per heavy atom. The van der Waals surface area contributed by atoms with Gasteiger partial charge in [-0.1, -0.05) is 42.5 Å². The van der Waals surface area contributed by atoms with Crippen LogP contribution in [0.4, 0.5) is 10.1 Å². The van der Waals surface area contributed by atoms with E-state index in [-0.39, 0.29) is 30.2 Å². The van der Waals surface area contributed by atoms with E-state index in [0.29, 0.717) is 38.4 Å². The van der Waals surface area contributed by atoms with Crippen molar-refractivity contribution in [1.29, 1.82) is 0 Å². The Balaban J connectivity index is 1.24. The van der Waals surface area contributed by atoms with Crippen molar-refractivity contribution in [1.82, 2.24) is 15.1 Å². The molecule has 0 spiro atoms. The predicted molar refractivity (Wildman–Crippen MR) is 129 cm³/mol. The standard InChI is InChI=1S/C25H27FN4O2S/c26-20-8-4-9-21(16-20)27-23(31)17-29-11-13-30(14-12-29)18-24(32)28-25(22-10-5-15-33-22)19-6-2-1-3-7-19/h1-10,15-16,25H,11-14,17-18H2,(H,27,31)(H,28,32)/t25-/m1/s1. The fourth-order valence-corrected chi connectivity index (χ4v) is 4.71. The Kier molecular flexibility index (Phi) is 7.83. The van der Waals surface area contributed by atoms with E-state index in [2.05, 4.69) is 15.5 Å². The second-order valence-electron chi connectivity index (χ2n) is 8.04. The van der Waals surface area contributed by atoms with Gasteiger partial charge in [0.25, 0.3) is 0 Å². The minimum atomic E-state index is -0.381. The summed E-state index contributed by atoms with van der Waals surface area (Å²) >= 11 is 1.63. The van der Waals surface area contributed by atoms with Crippen molar-refractivity contribution in [2.24, 2.45) is 0 Å². The van der Waals surface area contributed by atoms with Crippen molar-refractivity contribution in [3.8, 4) is 0 Å². The van der Waals surface area contributed by atoms with E-state index in [1.165, 1.54) is 12.1 Å². The lowest BCUT2D eigenvalue weighted by Gasteiger charge is -2.34. The van der Waals surface area contributed by atoms with Gasteiger partial charge in [0.1, 0.15) is 5.82 Å². The van der Waals surface area contributed by atoms with Crippen LogP contribution in [0.1, 0.15) is 16.5 Å². The number of benzene rings is 2. The van der Waals surface area contributed by atoms with Crippen LogP contribution in [0.15, 0.2) is 72.1 Å². The van der Waals surface area contributed by atoms with E-state index in [9.17, 15) is 14.0 Å². The molecule has 1 saturated heterocycles. The van der Waals surface area contributed by atoms with Gasteiger partial charge in [-0.2, -0.15) is 0 Å². The molecular weight excluding hydrogens is 439 g/mol. The smallest absolute Gasteiger partial charge is 0.238 e. The van der Waals surface area contributed by atoms with Crippen LogP contribution in [0, 0.1) is 5.82 Å². The number of carbonyl (C=O) groups is 2. The highest BCUT2D eigenvalue weighted by Gasteiger charge is 2.23. The van der Waals surface area contributed by atoms with Gasteiger partial charge in [0, 0.05) is 36.7 Å². The highest BCUT2D eigenvalue weighted by atomic mass is 32.1. The first-order chi connectivity index (χ1) is 16.1. The van der Waals surface area contributed by atoms with E-state index in [4.69, 9.17) is 0 Å². The molecule has 1 aliphatic heterocycles. The molecule has 4 rings (SSSR count). The molecule has 2 N–H and O–H groups in total. The van der Waals surface area contributed by atoms with Crippen molar-refractivity contribution in [2.75, 3.05) is 44.6 Å². The Hall–Kier alpha value is -3.07. The summed E-state index contributed by atoms with van der Waals surface area (Å²) < 4.78 is 13.3. The van der Waals surface area contributed by atoms with Crippen molar-refractivity contribution in [3.63, 3.8) is 0 Å². The fourth-order valence-electron chi connectivity index (χ4n) is 3.90. The first-order valence-electron chi connectivity index (χ1n) is 10.9. The number of nitrogens with zero attached hydrogens (tertiary/aromatic N) is 2. The summed E-state index contributed by atoms with van der Waals surface area (Å²) in [5.74, 6) is -0.573. The third-order valence-electron chi connectivity index (χ3n) is 5.57. The van der Waals surface area contributed by atoms with E-state index >= 15 is 0 Å². The van der Waals surface area contributed by atoms with Crippen LogP contribution in [0.3, 0.4) is 0 Å². The maximum atomic E-state index is 13.3. The third-order valence-corrected chi connectivity index (χ3v) is 6.51. The SMILES string of the molecule is O=C(CN1CCN(CC(=O)N[C@H](c2ccccc2)c2cccs2)CC1)Nc1cccc(F)c1. The molecular formula is C25H27FN4O2S. The van der Waals surface area contributed by atoms with Crippen molar-refractivity contribution < 1.29 is 14.0 Å². The number of carbonyl (C=O) groups excluding carboxylic acids is 2. The Labute approximate surface area is 197 Å².